The van der Waals surface area contributed by atoms with Crippen molar-refractivity contribution in [2.24, 2.45) is 5.92 Å². The maximum absolute atomic E-state index is 12.4. The summed E-state index contributed by atoms with van der Waals surface area (Å²) in [4.78, 5) is 4.66. The van der Waals surface area contributed by atoms with Gasteiger partial charge in [-0.25, -0.2) is 13.1 Å². The Labute approximate surface area is 174 Å². The van der Waals surface area contributed by atoms with E-state index in [0.717, 1.165) is 62.8 Å². The first-order valence-corrected chi connectivity index (χ1v) is 12.6. The zero-order valence-corrected chi connectivity index (χ0v) is 18.0. The van der Waals surface area contributed by atoms with Gasteiger partial charge in [-0.15, -0.1) is 0 Å². The molecule has 0 radical (unpaired) electrons. The molecule has 3 aliphatic rings. The first kappa shape index (κ1) is 20.8. The van der Waals surface area contributed by atoms with Crippen molar-refractivity contribution >= 4 is 15.7 Å². The number of piperazine rings is 1. The Morgan fingerprint density at radius 1 is 1.00 bits per heavy atom. The molecule has 2 aliphatic heterocycles. The summed E-state index contributed by atoms with van der Waals surface area (Å²) in [6, 6.07) is 6.05. The Balaban J connectivity index is 1.21. The second kappa shape index (κ2) is 9.53. The molecule has 0 atom stereocenters. The zero-order chi connectivity index (χ0) is 20.1. The lowest BCUT2D eigenvalue weighted by atomic mass is 9.91. The Kier molecular flexibility index (Phi) is 6.82. The van der Waals surface area contributed by atoms with Gasteiger partial charge < -0.3 is 14.4 Å². The Morgan fingerprint density at radius 3 is 2.55 bits per heavy atom. The Bertz CT molecular complexity index is 772. The summed E-state index contributed by atoms with van der Waals surface area (Å²) < 4.78 is 39.0. The molecule has 0 amide bonds. The minimum Gasteiger partial charge on any atom is -0.486 e. The predicted octanol–water partition coefficient (Wildman–Crippen LogP) is 2.08. The van der Waals surface area contributed by atoms with Crippen molar-refractivity contribution in [2.75, 3.05) is 63.1 Å². The largest absolute Gasteiger partial charge is 0.486 e. The van der Waals surface area contributed by atoms with Gasteiger partial charge in [0.05, 0.1) is 11.4 Å². The van der Waals surface area contributed by atoms with E-state index >= 15 is 0 Å². The van der Waals surface area contributed by atoms with E-state index in [1.54, 1.807) is 0 Å². The summed E-state index contributed by atoms with van der Waals surface area (Å²) in [5, 5.41) is 0. The van der Waals surface area contributed by atoms with E-state index in [1.807, 2.05) is 12.1 Å². The van der Waals surface area contributed by atoms with Crippen molar-refractivity contribution in [3.63, 3.8) is 0 Å². The molecule has 162 valence electrons. The maximum atomic E-state index is 12.4. The smallest absolute Gasteiger partial charge is 0.211 e. The molecule has 4 rings (SSSR count). The second-order valence-electron chi connectivity index (χ2n) is 8.31. The summed E-state index contributed by atoms with van der Waals surface area (Å²) in [6.45, 7) is 6.05. The molecular formula is C21H33N3O4S. The van der Waals surface area contributed by atoms with E-state index in [2.05, 4.69) is 20.6 Å². The summed E-state index contributed by atoms with van der Waals surface area (Å²) >= 11 is 0. The van der Waals surface area contributed by atoms with E-state index in [1.165, 1.54) is 19.3 Å². The van der Waals surface area contributed by atoms with Crippen molar-refractivity contribution in [1.82, 2.24) is 9.62 Å². The molecule has 29 heavy (non-hydrogen) atoms. The van der Waals surface area contributed by atoms with Gasteiger partial charge in [0.15, 0.2) is 11.5 Å². The SMILES string of the molecule is O=S(=O)(CC1CCCCC1)NCCN1CCN(c2cccc3c2OCCO3)CC1. The third kappa shape index (κ3) is 5.55. The number of nitrogens with one attached hydrogen (secondary N) is 1. The molecule has 1 saturated carbocycles. The molecule has 1 aromatic carbocycles. The molecular weight excluding hydrogens is 390 g/mol. The second-order valence-corrected chi connectivity index (χ2v) is 10.2. The monoisotopic (exact) mass is 423 g/mol. The number of anilines is 1. The van der Waals surface area contributed by atoms with E-state index in [4.69, 9.17) is 9.47 Å². The number of sulfonamides is 1. The first-order chi connectivity index (χ1) is 14.1. The first-order valence-electron chi connectivity index (χ1n) is 10.9. The minimum absolute atomic E-state index is 0.294. The fourth-order valence-corrected chi connectivity index (χ4v) is 6.08. The fourth-order valence-electron chi connectivity index (χ4n) is 4.60. The minimum atomic E-state index is -3.16. The number of rotatable bonds is 7. The van der Waals surface area contributed by atoms with E-state index in [-0.39, 0.29) is 0 Å². The molecule has 7 nitrogen and oxygen atoms in total. The van der Waals surface area contributed by atoms with Gasteiger partial charge in [0.25, 0.3) is 0 Å². The highest BCUT2D eigenvalue weighted by atomic mass is 32.2. The average Bonchev–Trinajstić information content (AvgIpc) is 2.74. The maximum Gasteiger partial charge on any atom is 0.211 e. The lowest BCUT2D eigenvalue weighted by molar-refractivity contribution is 0.171. The van der Waals surface area contributed by atoms with Crippen LogP contribution in [0.4, 0.5) is 5.69 Å². The van der Waals surface area contributed by atoms with Gasteiger partial charge in [0.2, 0.25) is 10.0 Å². The third-order valence-corrected chi connectivity index (χ3v) is 7.74. The van der Waals surface area contributed by atoms with E-state index in [0.29, 0.717) is 31.4 Å². The van der Waals surface area contributed by atoms with Crippen LogP contribution >= 0.6 is 0 Å². The van der Waals surface area contributed by atoms with Gasteiger partial charge >= 0.3 is 0 Å². The highest BCUT2D eigenvalue weighted by Gasteiger charge is 2.24. The number of nitrogens with zero attached hydrogens (tertiary/aromatic N) is 2. The lowest BCUT2D eigenvalue weighted by Crippen LogP contribution is -2.48. The summed E-state index contributed by atoms with van der Waals surface area (Å²) in [6.07, 6.45) is 5.71. The number of para-hydroxylation sites is 1. The number of hydrogen-bond acceptors (Lipinski definition) is 6. The average molecular weight is 424 g/mol. The zero-order valence-electron chi connectivity index (χ0n) is 17.1. The van der Waals surface area contributed by atoms with Crippen molar-refractivity contribution < 1.29 is 17.9 Å². The highest BCUT2D eigenvalue weighted by molar-refractivity contribution is 7.89. The molecule has 1 N–H and O–H groups in total. The molecule has 1 aliphatic carbocycles. The lowest BCUT2D eigenvalue weighted by Gasteiger charge is -2.37. The van der Waals surface area contributed by atoms with Crippen LogP contribution in [-0.2, 0) is 10.0 Å². The van der Waals surface area contributed by atoms with Crippen LogP contribution < -0.4 is 19.1 Å². The number of hydrogen-bond donors (Lipinski definition) is 1. The summed E-state index contributed by atoms with van der Waals surface area (Å²) in [5.74, 6) is 2.31. The van der Waals surface area contributed by atoms with Crippen LogP contribution in [0.25, 0.3) is 0 Å². The van der Waals surface area contributed by atoms with Crippen LogP contribution in [0.2, 0.25) is 0 Å². The van der Waals surface area contributed by atoms with Crippen molar-refractivity contribution in [3.8, 4) is 11.5 Å². The van der Waals surface area contributed by atoms with Gasteiger partial charge in [-0.2, -0.15) is 0 Å². The standard InChI is InChI=1S/C21H33N3O4S/c25-29(26,17-18-5-2-1-3-6-18)22-9-10-23-11-13-24(14-12-23)19-7-4-8-20-21(19)28-16-15-27-20/h4,7-8,18,22H,1-3,5-6,9-17H2. The molecule has 1 saturated heterocycles. The van der Waals surface area contributed by atoms with Gasteiger partial charge in [-0.1, -0.05) is 25.3 Å². The topological polar surface area (TPSA) is 71.1 Å². The van der Waals surface area contributed by atoms with E-state index < -0.39 is 10.0 Å². The number of benzene rings is 1. The van der Waals surface area contributed by atoms with Crippen LogP contribution in [0, 0.1) is 5.92 Å². The normalized spacial score (nSPS) is 21.3. The Morgan fingerprint density at radius 2 is 1.76 bits per heavy atom. The van der Waals surface area contributed by atoms with Crippen LogP contribution in [0.5, 0.6) is 11.5 Å². The van der Waals surface area contributed by atoms with Crippen molar-refractivity contribution in [1.29, 1.82) is 0 Å². The molecule has 8 heteroatoms. The van der Waals surface area contributed by atoms with E-state index in [9.17, 15) is 8.42 Å². The van der Waals surface area contributed by atoms with Crippen LogP contribution in [0.3, 0.4) is 0 Å². The van der Waals surface area contributed by atoms with Crippen LogP contribution in [-0.4, -0.2) is 71.6 Å². The van der Waals surface area contributed by atoms with Gasteiger partial charge in [-0.3, -0.25) is 4.90 Å². The fraction of sp³-hybridized carbons (Fsp3) is 0.714. The highest BCUT2D eigenvalue weighted by Crippen LogP contribution is 2.39. The third-order valence-electron chi connectivity index (χ3n) is 6.19. The van der Waals surface area contributed by atoms with Gasteiger partial charge in [0.1, 0.15) is 13.2 Å². The predicted molar refractivity (Wildman–Crippen MR) is 114 cm³/mol. The number of fused-ring (bicyclic) bond motifs is 1. The quantitative estimate of drug-likeness (QED) is 0.724. The van der Waals surface area contributed by atoms with Crippen LogP contribution in [0.15, 0.2) is 18.2 Å². The van der Waals surface area contributed by atoms with Crippen LogP contribution in [0.1, 0.15) is 32.1 Å². The van der Waals surface area contributed by atoms with Gasteiger partial charge in [0, 0.05) is 39.3 Å². The molecule has 1 aromatic rings. The molecule has 0 aromatic heterocycles. The van der Waals surface area contributed by atoms with Gasteiger partial charge in [-0.05, 0) is 30.9 Å². The molecule has 0 bridgehead atoms. The molecule has 0 unspecified atom stereocenters. The van der Waals surface area contributed by atoms with Crippen molar-refractivity contribution in [2.45, 2.75) is 32.1 Å². The van der Waals surface area contributed by atoms with Crippen molar-refractivity contribution in [3.05, 3.63) is 18.2 Å². The molecule has 2 heterocycles. The number of ether oxygens (including phenoxy) is 2. The molecule has 2 fully saturated rings. The summed E-state index contributed by atoms with van der Waals surface area (Å²) in [7, 11) is -3.16. The Hall–Kier alpha value is -1.51. The summed E-state index contributed by atoms with van der Waals surface area (Å²) in [5.41, 5.74) is 1.09. The molecule has 0 spiro atoms.